The Kier molecular flexibility index (Phi) is 5.23. The van der Waals surface area contributed by atoms with Crippen molar-refractivity contribution >= 4 is 0 Å². The van der Waals surface area contributed by atoms with E-state index in [1.165, 1.54) is 23.4 Å². The number of halogens is 1. The molecule has 1 saturated heterocycles. The molecular weight excluding hydrogens is 313 g/mol. The Morgan fingerprint density at radius 1 is 1.46 bits per heavy atom. The van der Waals surface area contributed by atoms with E-state index in [1.54, 1.807) is 25.1 Å². The Bertz CT molecular complexity index is 646. The first kappa shape index (κ1) is 17.0. The van der Waals surface area contributed by atoms with Gasteiger partial charge in [0, 0.05) is 12.2 Å². The highest BCUT2D eigenvalue weighted by Crippen LogP contribution is 2.32. The molecule has 2 heterocycles. The molecule has 1 aliphatic heterocycles. The van der Waals surface area contributed by atoms with Gasteiger partial charge in [0.2, 0.25) is 0 Å². The van der Waals surface area contributed by atoms with Crippen molar-refractivity contribution in [3.05, 3.63) is 48.3 Å². The van der Waals surface area contributed by atoms with E-state index in [1.807, 2.05) is 0 Å². The second-order valence-corrected chi connectivity index (χ2v) is 6.07. The molecule has 0 amide bonds. The van der Waals surface area contributed by atoms with Gasteiger partial charge in [-0.3, -0.25) is 0 Å². The lowest BCUT2D eigenvalue weighted by molar-refractivity contribution is -0.229. The second kappa shape index (κ2) is 7.38. The summed E-state index contributed by atoms with van der Waals surface area (Å²) < 4.78 is 27.3. The highest BCUT2D eigenvalue weighted by molar-refractivity contribution is 5.25. The Balaban J connectivity index is 1.87. The molecule has 0 bridgehead atoms. The molecule has 1 N–H and O–H groups in total. The lowest BCUT2D eigenvalue weighted by atomic mass is 9.88. The van der Waals surface area contributed by atoms with Crippen LogP contribution in [0.1, 0.15) is 31.7 Å². The van der Waals surface area contributed by atoms with Gasteiger partial charge < -0.3 is 14.6 Å². The minimum Gasteiger partial charge on any atom is -0.380 e. The zero-order valence-corrected chi connectivity index (χ0v) is 13.6. The SMILES string of the molecule is C[C@H](OC1CCCCO1)[C@@](O)(Cn1cncn1)c1ccccc1F. The average Bonchev–Trinajstić information content (AvgIpc) is 3.08. The topological polar surface area (TPSA) is 69.4 Å². The molecule has 3 rings (SSSR count). The van der Waals surface area contributed by atoms with Gasteiger partial charge in [0.05, 0.1) is 12.6 Å². The van der Waals surface area contributed by atoms with Gasteiger partial charge in [0.25, 0.3) is 0 Å². The third kappa shape index (κ3) is 3.63. The quantitative estimate of drug-likeness (QED) is 0.877. The highest BCUT2D eigenvalue weighted by Gasteiger charge is 2.41. The summed E-state index contributed by atoms with van der Waals surface area (Å²) in [4.78, 5) is 3.88. The summed E-state index contributed by atoms with van der Waals surface area (Å²) >= 11 is 0. The van der Waals surface area contributed by atoms with Crippen molar-refractivity contribution in [1.82, 2.24) is 14.8 Å². The van der Waals surface area contributed by atoms with E-state index in [2.05, 4.69) is 10.1 Å². The van der Waals surface area contributed by atoms with Gasteiger partial charge in [-0.1, -0.05) is 18.2 Å². The molecule has 0 radical (unpaired) electrons. The Labute approximate surface area is 140 Å². The summed E-state index contributed by atoms with van der Waals surface area (Å²) in [5.74, 6) is -0.486. The maximum absolute atomic E-state index is 14.4. The van der Waals surface area contributed by atoms with Crippen molar-refractivity contribution < 1.29 is 19.0 Å². The van der Waals surface area contributed by atoms with E-state index in [0.717, 1.165) is 19.3 Å². The number of ether oxygens (including phenoxy) is 2. The molecule has 2 aromatic rings. The van der Waals surface area contributed by atoms with Crippen molar-refractivity contribution in [2.75, 3.05) is 6.61 Å². The largest absolute Gasteiger partial charge is 0.380 e. The van der Waals surface area contributed by atoms with E-state index >= 15 is 0 Å². The average molecular weight is 335 g/mol. The van der Waals surface area contributed by atoms with Gasteiger partial charge >= 0.3 is 0 Å². The predicted octanol–water partition coefficient (Wildman–Crippen LogP) is 2.24. The van der Waals surface area contributed by atoms with Crippen LogP contribution >= 0.6 is 0 Å². The standard InChI is InChI=1S/C17H22FN3O3/c1-13(24-16-8-4-5-9-23-16)17(22,10-21-12-19-11-20-21)14-6-2-3-7-15(14)18/h2-3,6-7,11-13,16,22H,4-5,8-10H2,1H3/t13-,16?,17-/m0/s1. The van der Waals surface area contributed by atoms with Crippen LogP contribution in [-0.4, -0.2) is 38.9 Å². The Hall–Kier alpha value is -1.83. The number of aromatic nitrogens is 3. The number of aliphatic hydroxyl groups is 1. The van der Waals surface area contributed by atoms with Crippen LogP contribution in [0.25, 0.3) is 0 Å². The number of hydrogen-bond donors (Lipinski definition) is 1. The molecule has 0 spiro atoms. The molecule has 1 fully saturated rings. The lowest BCUT2D eigenvalue weighted by Gasteiger charge is -2.37. The van der Waals surface area contributed by atoms with Crippen LogP contribution in [0.2, 0.25) is 0 Å². The molecule has 1 aromatic heterocycles. The predicted molar refractivity (Wildman–Crippen MR) is 84.5 cm³/mol. The van der Waals surface area contributed by atoms with Crippen LogP contribution in [0.5, 0.6) is 0 Å². The van der Waals surface area contributed by atoms with E-state index < -0.39 is 17.5 Å². The molecule has 3 atom stereocenters. The van der Waals surface area contributed by atoms with Crippen molar-refractivity contribution in [2.24, 2.45) is 0 Å². The molecule has 130 valence electrons. The van der Waals surface area contributed by atoms with Gasteiger partial charge in [-0.05, 0) is 32.3 Å². The monoisotopic (exact) mass is 335 g/mol. The van der Waals surface area contributed by atoms with Gasteiger partial charge in [-0.2, -0.15) is 5.10 Å². The molecule has 0 saturated carbocycles. The first-order valence-electron chi connectivity index (χ1n) is 8.16. The zero-order valence-electron chi connectivity index (χ0n) is 13.6. The lowest BCUT2D eigenvalue weighted by Crippen LogP contribution is -2.46. The summed E-state index contributed by atoms with van der Waals surface area (Å²) in [6.45, 7) is 2.39. The Morgan fingerprint density at radius 3 is 2.96 bits per heavy atom. The fourth-order valence-corrected chi connectivity index (χ4v) is 2.97. The number of hydrogen-bond acceptors (Lipinski definition) is 5. The summed E-state index contributed by atoms with van der Waals surface area (Å²) in [6.07, 6.45) is 4.56. The maximum atomic E-state index is 14.4. The highest BCUT2D eigenvalue weighted by atomic mass is 19.1. The van der Waals surface area contributed by atoms with E-state index in [4.69, 9.17) is 9.47 Å². The van der Waals surface area contributed by atoms with E-state index in [-0.39, 0.29) is 18.4 Å². The smallest absolute Gasteiger partial charge is 0.158 e. The molecule has 0 aliphatic carbocycles. The maximum Gasteiger partial charge on any atom is 0.158 e. The van der Waals surface area contributed by atoms with Gasteiger partial charge in [0.15, 0.2) is 6.29 Å². The molecule has 1 unspecified atom stereocenters. The van der Waals surface area contributed by atoms with Crippen LogP contribution in [0, 0.1) is 5.82 Å². The normalized spacial score (nSPS) is 22.0. The van der Waals surface area contributed by atoms with E-state index in [9.17, 15) is 9.50 Å². The summed E-state index contributed by atoms with van der Waals surface area (Å²) in [5.41, 5.74) is -1.43. The fraction of sp³-hybridized carbons (Fsp3) is 0.529. The van der Waals surface area contributed by atoms with Crippen molar-refractivity contribution in [3.8, 4) is 0 Å². The molecule has 24 heavy (non-hydrogen) atoms. The van der Waals surface area contributed by atoms with Gasteiger partial charge in [0.1, 0.15) is 24.1 Å². The van der Waals surface area contributed by atoms with Crippen LogP contribution in [0.15, 0.2) is 36.9 Å². The van der Waals surface area contributed by atoms with E-state index in [0.29, 0.717) is 6.61 Å². The molecule has 1 aliphatic rings. The summed E-state index contributed by atoms with van der Waals surface area (Å²) in [6, 6.07) is 6.17. The Morgan fingerprint density at radius 2 is 2.29 bits per heavy atom. The third-order valence-corrected chi connectivity index (χ3v) is 4.38. The third-order valence-electron chi connectivity index (χ3n) is 4.38. The first-order chi connectivity index (χ1) is 11.6. The minimum atomic E-state index is -1.60. The van der Waals surface area contributed by atoms with Crippen molar-refractivity contribution in [3.63, 3.8) is 0 Å². The van der Waals surface area contributed by atoms with Crippen LogP contribution < -0.4 is 0 Å². The van der Waals surface area contributed by atoms with Gasteiger partial charge in [-0.15, -0.1) is 0 Å². The van der Waals surface area contributed by atoms with Gasteiger partial charge in [-0.25, -0.2) is 14.1 Å². The fourth-order valence-electron chi connectivity index (χ4n) is 2.97. The van der Waals surface area contributed by atoms with Crippen LogP contribution in [0.4, 0.5) is 4.39 Å². The number of nitrogens with zero attached hydrogens (tertiary/aromatic N) is 3. The van der Waals surface area contributed by atoms with Crippen molar-refractivity contribution in [2.45, 2.75) is 50.7 Å². The zero-order chi connectivity index (χ0) is 17.0. The molecule has 6 nitrogen and oxygen atoms in total. The summed E-state index contributed by atoms with van der Waals surface area (Å²) in [7, 11) is 0. The first-order valence-corrected chi connectivity index (χ1v) is 8.16. The van der Waals surface area contributed by atoms with Crippen molar-refractivity contribution in [1.29, 1.82) is 0 Å². The summed E-state index contributed by atoms with van der Waals surface area (Å²) in [5, 5.41) is 15.3. The molecule has 1 aromatic carbocycles. The molecular formula is C17H22FN3O3. The van der Waals surface area contributed by atoms with Crippen LogP contribution in [-0.2, 0) is 21.6 Å². The second-order valence-electron chi connectivity index (χ2n) is 6.07. The molecule has 7 heteroatoms. The number of rotatable bonds is 6. The minimum absolute atomic E-state index is 0.0296. The number of benzene rings is 1. The van der Waals surface area contributed by atoms with Crippen LogP contribution in [0.3, 0.4) is 0 Å².